The number of carbonyl (C=O) groups excluding carboxylic acids is 1. The SMILES string of the molecule is CNCC1CCN(C(=O)c2sc(C3CCCC3)nc2C)C1. The van der Waals surface area contributed by atoms with Crippen LogP contribution < -0.4 is 5.32 Å². The third-order valence-electron chi connectivity index (χ3n) is 4.78. The molecule has 5 heteroatoms. The molecule has 1 amide bonds. The summed E-state index contributed by atoms with van der Waals surface area (Å²) < 4.78 is 0. The molecule has 2 heterocycles. The second-order valence-electron chi connectivity index (χ2n) is 6.41. The lowest BCUT2D eigenvalue weighted by molar-refractivity contribution is 0.0791. The fraction of sp³-hybridized carbons (Fsp3) is 0.750. The van der Waals surface area contributed by atoms with Gasteiger partial charge >= 0.3 is 0 Å². The molecule has 1 aliphatic carbocycles. The van der Waals surface area contributed by atoms with E-state index in [-0.39, 0.29) is 5.91 Å². The molecule has 0 radical (unpaired) electrons. The summed E-state index contributed by atoms with van der Waals surface area (Å²) in [6, 6.07) is 0. The zero-order valence-corrected chi connectivity index (χ0v) is 13.8. The van der Waals surface area contributed by atoms with Crippen LogP contribution in [-0.4, -0.2) is 42.5 Å². The van der Waals surface area contributed by atoms with Crippen LogP contribution in [0.4, 0.5) is 0 Å². The lowest BCUT2D eigenvalue weighted by Gasteiger charge is -2.15. The quantitative estimate of drug-likeness (QED) is 0.930. The topological polar surface area (TPSA) is 45.2 Å². The van der Waals surface area contributed by atoms with E-state index in [1.165, 1.54) is 30.7 Å². The van der Waals surface area contributed by atoms with Gasteiger partial charge in [-0.05, 0) is 45.7 Å². The molecule has 1 saturated heterocycles. The molecule has 1 aromatic rings. The molecule has 1 aromatic heterocycles. The van der Waals surface area contributed by atoms with Crippen molar-refractivity contribution >= 4 is 17.2 Å². The van der Waals surface area contributed by atoms with E-state index < -0.39 is 0 Å². The van der Waals surface area contributed by atoms with Gasteiger partial charge in [-0.25, -0.2) is 4.98 Å². The molecule has 0 bridgehead atoms. The molecule has 2 fully saturated rings. The molecule has 4 nitrogen and oxygen atoms in total. The van der Waals surface area contributed by atoms with Crippen molar-refractivity contribution in [3.05, 3.63) is 15.6 Å². The van der Waals surface area contributed by atoms with Crippen molar-refractivity contribution in [3.8, 4) is 0 Å². The summed E-state index contributed by atoms with van der Waals surface area (Å²) in [6.07, 6.45) is 6.22. The van der Waals surface area contributed by atoms with E-state index in [4.69, 9.17) is 4.98 Å². The Morgan fingerprint density at radius 2 is 2.14 bits per heavy atom. The van der Waals surface area contributed by atoms with Crippen LogP contribution in [0.2, 0.25) is 0 Å². The Morgan fingerprint density at radius 3 is 2.86 bits per heavy atom. The largest absolute Gasteiger partial charge is 0.338 e. The summed E-state index contributed by atoms with van der Waals surface area (Å²) in [6.45, 7) is 4.76. The van der Waals surface area contributed by atoms with E-state index in [0.29, 0.717) is 11.8 Å². The van der Waals surface area contributed by atoms with E-state index in [0.717, 1.165) is 36.6 Å². The van der Waals surface area contributed by atoms with Crippen LogP contribution in [0.15, 0.2) is 0 Å². The lowest BCUT2D eigenvalue weighted by atomic mass is 10.1. The Balaban J connectivity index is 1.70. The van der Waals surface area contributed by atoms with Crippen molar-refractivity contribution in [1.82, 2.24) is 15.2 Å². The Kier molecular flexibility index (Phi) is 4.60. The van der Waals surface area contributed by atoms with Crippen molar-refractivity contribution in [3.63, 3.8) is 0 Å². The van der Waals surface area contributed by atoms with Gasteiger partial charge in [0, 0.05) is 19.0 Å². The molecule has 1 unspecified atom stereocenters. The van der Waals surface area contributed by atoms with Gasteiger partial charge in [-0.1, -0.05) is 12.8 Å². The maximum Gasteiger partial charge on any atom is 0.265 e. The van der Waals surface area contributed by atoms with Crippen molar-refractivity contribution in [1.29, 1.82) is 0 Å². The van der Waals surface area contributed by atoms with Gasteiger partial charge in [-0.15, -0.1) is 11.3 Å². The molecule has 0 spiro atoms. The second-order valence-corrected chi connectivity index (χ2v) is 7.44. The fourth-order valence-electron chi connectivity index (χ4n) is 3.58. The number of rotatable bonds is 4. The Morgan fingerprint density at radius 1 is 1.38 bits per heavy atom. The van der Waals surface area contributed by atoms with Gasteiger partial charge in [0.15, 0.2) is 0 Å². The van der Waals surface area contributed by atoms with Gasteiger partial charge in [0.25, 0.3) is 5.91 Å². The Bertz CT molecular complexity index is 508. The van der Waals surface area contributed by atoms with Crippen LogP contribution in [0.25, 0.3) is 0 Å². The second kappa shape index (κ2) is 6.44. The Labute approximate surface area is 130 Å². The predicted octanol–water partition coefficient (Wildman–Crippen LogP) is 2.79. The van der Waals surface area contributed by atoms with Gasteiger partial charge in [0.05, 0.1) is 10.7 Å². The molecule has 1 N–H and O–H groups in total. The molecule has 116 valence electrons. The van der Waals surface area contributed by atoms with Crippen LogP contribution in [0.5, 0.6) is 0 Å². The van der Waals surface area contributed by atoms with E-state index >= 15 is 0 Å². The number of nitrogens with one attached hydrogen (secondary N) is 1. The minimum absolute atomic E-state index is 0.202. The van der Waals surface area contributed by atoms with Crippen molar-refractivity contribution < 1.29 is 4.79 Å². The lowest BCUT2D eigenvalue weighted by Crippen LogP contribution is -2.30. The number of hydrogen-bond donors (Lipinski definition) is 1. The molecular weight excluding hydrogens is 282 g/mol. The first-order valence-electron chi connectivity index (χ1n) is 8.10. The number of aryl methyl sites for hydroxylation is 1. The number of likely N-dealkylation sites (tertiary alicyclic amines) is 1. The number of nitrogens with zero attached hydrogens (tertiary/aromatic N) is 2. The monoisotopic (exact) mass is 307 g/mol. The number of carbonyl (C=O) groups is 1. The highest BCUT2D eigenvalue weighted by molar-refractivity contribution is 7.13. The summed E-state index contributed by atoms with van der Waals surface area (Å²) in [7, 11) is 1.98. The summed E-state index contributed by atoms with van der Waals surface area (Å²) in [5.74, 6) is 1.40. The van der Waals surface area contributed by atoms with Gasteiger partial charge in [0.2, 0.25) is 0 Å². The summed E-state index contributed by atoms with van der Waals surface area (Å²) >= 11 is 1.65. The molecule has 0 aromatic carbocycles. The predicted molar refractivity (Wildman–Crippen MR) is 86.0 cm³/mol. The smallest absolute Gasteiger partial charge is 0.265 e. The maximum absolute atomic E-state index is 12.7. The minimum atomic E-state index is 0.202. The van der Waals surface area contributed by atoms with Gasteiger partial charge < -0.3 is 10.2 Å². The minimum Gasteiger partial charge on any atom is -0.338 e. The zero-order chi connectivity index (χ0) is 14.8. The summed E-state index contributed by atoms with van der Waals surface area (Å²) in [5.41, 5.74) is 0.934. The number of thiazole rings is 1. The van der Waals surface area contributed by atoms with Gasteiger partial charge in [-0.2, -0.15) is 0 Å². The molecular formula is C16H25N3OS. The van der Waals surface area contributed by atoms with Gasteiger partial charge in [-0.3, -0.25) is 4.79 Å². The van der Waals surface area contributed by atoms with Crippen molar-refractivity contribution in [2.75, 3.05) is 26.7 Å². The number of hydrogen-bond acceptors (Lipinski definition) is 4. The van der Waals surface area contributed by atoms with Crippen LogP contribution in [0.1, 0.15) is 58.4 Å². The zero-order valence-electron chi connectivity index (χ0n) is 13.0. The fourth-order valence-corrected chi connectivity index (χ4v) is 4.78. The highest BCUT2D eigenvalue weighted by atomic mass is 32.1. The third-order valence-corrected chi connectivity index (χ3v) is 6.09. The van der Waals surface area contributed by atoms with Crippen LogP contribution in [0, 0.1) is 12.8 Å². The van der Waals surface area contributed by atoms with Crippen LogP contribution in [-0.2, 0) is 0 Å². The average molecular weight is 307 g/mol. The van der Waals surface area contributed by atoms with E-state index in [9.17, 15) is 4.79 Å². The Hall–Kier alpha value is -0.940. The van der Waals surface area contributed by atoms with Crippen molar-refractivity contribution in [2.24, 2.45) is 5.92 Å². The maximum atomic E-state index is 12.7. The highest BCUT2D eigenvalue weighted by Gasteiger charge is 2.30. The molecule has 1 aliphatic heterocycles. The summed E-state index contributed by atoms with van der Waals surface area (Å²) in [4.78, 5) is 20.3. The van der Waals surface area contributed by atoms with Crippen LogP contribution in [0.3, 0.4) is 0 Å². The number of amides is 1. The van der Waals surface area contributed by atoms with Gasteiger partial charge in [0.1, 0.15) is 4.88 Å². The third kappa shape index (κ3) is 3.14. The molecule has 3 rings (SSSR count). The van der Waals surface area contributed by atoms with E-state index in [2.05, 4.69) is 5.32 Å². The normalized spacial score (nSPS) is 23.1. The first-order valence-corrected chi connectivity index (χ1v) is 8.92. The molecule has 2 aliphatic rings. The highest BCUT2D eigenvalue weighted by Crippen LogP contribution is 2.37. The van der Waals surface area contributed by atoms with E-state index in [1.807, 2.05) is 18.9 Å². The van der Waals surface area contributed by atoms with Crippen LogP contribution >= 0.6 is 11.3 Å². The average Bonchev–Trinajstić information content (AvgIpc) is 3.17. The standard InChI is InChI=1S/C16H25N3OS/c1-11-14(21-15(18-11)13-5-3-4-6-13)16(20)19-8-7-12(10-19)9-17-2/h12-13,17H,3-10H2,1-2H3. The molecule has 1 atom stereocenters. The first kappa shape index (κ1) is 15.0. The van der Waals surface area contributed by atoms with E-state index in [1.54, 1.807) is 11.3 Å². The molecule has 1 saturated carbocycles. The molecule has 21 heavy (non-hydrogen) atoms. The number of aromatic nitrogens is 1. The van der Waals surface area contributed by atoms with Crippen molar-refractivity contribution in [2.45, 2.75) is 44.9 Å². The first-order chi connectivity index (χ1) is 10.2. The summed E-state index contributed by atoms with van der Waals surface area (Å²) in [5, 5.41) is 4.41.